The quantitative estimate of drug-likeness (QED) is 0.281. The highest BCUT2D eigenvalue weighted by Gasteiger charge is 2.19. The number of nitrogens with zero attached hydrogens (tertiary/aromatic N) is 5. The van der Waals surface area contributed by atoms with Crippen molar-refractivity contribution in [3.05, 3.63) is 57.1 Å². The number of hydrogen-bond acceptors (Lipinski definition) is 9. The number of nitrogens with two attached hydrogens (primary N) is 1. The zero-order valence-corrected chi connectivity index (χ0v) is 18.2. The van der Waals surface area contributed by atoms with Gasteiger partial charge in [-0.2, -0.15) is 0 Å². The molecule has 11 nitrogen and oxygen atoms in total. The SMILES string of the molecule is Cn1nnnc1Sc1ccc(Cl)cc1NC(=O)CSc1ccc(C(N)=O)cc1[N+](=O)[O-]. The maximum atomic E-state index is 12.5. The van der Waals surface area contributed by atoms with E-state index in [-0.39, 0.29) is 21.9 Å². The van der Waals surface area contributed by atoms with Crippen molar-refractivity contribution in [1.82, 2.24) is 20.2 Å². The molecule has 0 fully saturated rings. The highest BCUT2D eigenvalue weighted by molar-refractivity contribution is 8.00. The van der Waals surface area contributed by atoms with Crippen molar-refractivity contribution >= 4 is 58.3 Å². The van der Waals surface area contributed by atoms with Gasteiger partial charge < -0.3 is 11.1 Å². The number of amides is 2. The number of aryl methyl sites for hydroxylation is 1. The smallest absolute Gasteiger partial charge is 0.283 e. The van der Waals surface area contributed by atoms with Gasteiger partial charge in [-0.15, -0.1) is 16.9 Å². The maximum absolute atomic E-state index is 12.5. The van der Waals surface area contributed by atoms with Gasteiger partial charge in [0, 0.05) is 28.6 Å². The number of halogens is 1. The Balaban J connectivity index is 1.73. The van der Waals surface area contributed by atoms with E-state index in [0.717, 1.165) is 17.8 Å². The van der Waals surface area contributed by atoms with Gasteiger partial charge in [-0.1, -0.05) is 11.6 Å². The molecule has 14 heteroatoms. The Hall–Kier alpha value is -3.16. The van der Waals surface area contributed by atoms with Gasteiger partial charge in [-0.3, -0.25) is 19.7 Å². The summed E-state index contributed by atoms with van der Waals surface area (Å²) in [4.78, 5) is 35.3. The lowest BCUT2D eigenvalue weighted by Gasteiger charge is -2.11. The molecule has 0 aliphatic carbocycles. The molecule has 0 aliphatic rings. The zero-order chi connectivity index (χ0) is 22.5. The summed E-state index contributed by atoms with van der Waals surface area (Å²) < 4.78 is 1.48. The number of hydrogen-bond donors (Lipinski definition) is 2. The van der Waals surface area contributed by atoms with E-state index < -0.39 is 16.7 Å². The third-order valence-electron chi connectivity index (χ3n) is 3.80. The number of carbonyl (C=O) groups excluding carboxylic acids is 2. The second-order valence-electron chi connectivity index (χ2n) is 5.97. The summed E-state index contributed by atoms with van der Waals surface area (Å²) in [6.07, 6.45) is 0. The van der Waals surface area contributed by atoms with Gasteiger partial charge in [0.1, 0.15) is 0 Å². The third-order valence-corrected chi connectivity index (χ3v) is 6.20. The summed E-state index contributed by atoms with van der Waals surface area (Å²) in [5.41, 5.74) is 5.33. The van der Waals surface area contributed by atoms with Crippen LogP contribution >= 0.6 is 35.1 Å². The minimum Gasteiger partial charge on any atom is -0.366 e. The molecule has 160 valence electrons. The van der Waals surface area contributed by atoms with E-state index in [2.05, 4.69) is 20.8 Å². The molecule has 3 aromatic rings. The molecule has 1 aromatic heterocycles. The Labute approximate surface area is 188 Å². The van der Waals surface area contributed by atoms with Crippen molar-refractivity contribution in [2.45, 2.75) is 14.9 Å². The molecular weight excluding hydrogens is 466 g/mol. The molecular formula is C17H14ClN7O4S2. The molecule has 0 radical (unpaired) electrons. The molecule has 2 aromatic carbocycles. The number of nitro groups is 1. The van der Waals surface area contributed by atoms with E-state index >= 15 is 0 Å². The highest BCUT2D eigenvalue weighted by atomic mass is 35.5. The van der Waals surface area contributed by atoms with Crippen LogP contribution in [-0.4, -0.2) is 42.7 Å². The fourth-order valence-corrected chi connectivity index (χ4v) is 4.14. The predicted molar refractivity (Wildman–Crippen MR) is 115 cm³/mol. The van der Waals surface area contributed by atoms with Gasteiger partial charge in [-0.25, -0.2) is 4.68 Å². The Bertz CT molecular complexity index is 1170. The van der Waals surface area contributed by atoms with Gasteiger partial charge in [0.25, 0.3) is 5.69 Å². The van der Waals surface area contributed by atoms with Gasteiger partial charge in [0.05, 0.1) is 21.3 Å². The third kappa shape index (κ3) is 5.71. The number of thioether (sulfide) groups is 1. The summed E-state index contributed by atoms with van der Waals surface area (Å²) in [6.45, 7) is 0. The van der Waals surface area contributed by atoms with Crippen LogP contribution in [-0.2, 0) is 11.8 Å². The molecule has 31 heavy (non-hydrogen) atoms. The first kappa shape index (κ1) is 22.5. The average Bonchev–Trinajstić information content (AvgIpc) is 3.12. The second-order valence-corrected chi connectivity index (χ2v) is 8.43. The Morgan fingerprint density at radius 1 is 1.26 bits per heavy atom. The van der Waals surface area contributed by atoms with Crippen LogP contribution in [0.5, 0.6) is 0 Å². The molecule has 0 aliphatic heterocycles. The van der Waals surface area contributed by atoms with Crippen LogP contribution in [0, 0.1) is 10.1 Å². The van der Waals surface area contributed by atoms with Crippen LogP contribution in [0.1, 0.15) is 10.4 Å². The molecule has 0 saturated carbocycles. The number of tetrazole rings is 1. The topological polar surface area (TPSA) is 159 Å². The highest BCUT2D eigenvalue weighted by Crippen LogP contribution is 2.34. The van der Waals surface area contributed by atoms with Crippen molar-refractivity contribution in [3.8, 4) is 0 Å². The average molecular weight is 480 g/mol. The summed E-state index contributed by atoms with van der Waals surface area (Å²) in [5.74, 6) is -1.29. The largest absolute Gasteiger partial charge is 0.366 e. The van der Waals surface area contributed by atoms with Crippen LogP contribution < -0.4 is 11.1 Å². The molecule has 1 heterocycles. The molecule has 2 amide bonds. The predicted octanol–water partition coefficient (Wildman–Crippen LogP) is 2.75. The van der Waals surface area contributed by atoms with Crippen molar-refractivity contribution in [3.63, 3.8) is 0 Å². The first-order valence-corrected chi connectivity index (χ1v) is 10.6. The number of benzene rings is 2. The van der Waals surface area contributed by atoms with Crippen LogP contribution in [0.15, 0.2) is 51.3 Å². The number of anilines is 1. The lowest BCUT2D eigenvalue weighted by molar-refractivity contribution is -0.387. The normalized spacial score (nSPS) is 10.6. The second kappa shape index (κ2) is 9.76. The van der Waals surface area contributed by atoms with E-state index in [1.54, 1.807) is 25.2 Å². The van der Waals surface area contributed by atoms with E-state index in [0.29, 0.717) is 20.8 Å². The maximum Gasteiger partial charge on any atom is 0.283 e. The van der Waals surface area contributed by atoms with Gasteiger partial charge in [0.15, 0.2) is 0 Å². The lowest BCUT2D eigenvalue weighted by Crippen LogP contribution is -2.15. The zero-order valence-electron chi connectivity index (χ0n) is 15.8. The van der Waals surface area contributed by atoms with Gasteiger partial charge in [0.2, 0.25) is 17.0 Å². The molecule has 3 N–H and O–H groups in total. The van der Waals surface area contributed by atoms with Gasteiger partial charge in [-0.05, 0) is 52.5 Å². The van der Waals surface area contributed by atoms with E-state index in [4.69, 9.17) is 17.3 Å². The molecule has 0 atom stereocenters. The molecule has 0 spiro atoms. The van der Waals surface area contributed by atoms with Crippen LogP contribution in [0.25, 0.3) is 0 Å². The monoisotopic (exact) mass is 479 g/mol. The minimum absolute atomic E-state index is 0.0133. The van der Waals surface area contributed by atoms with Crippen LogP contribution in [0.4, 0.5) is 11.4 Å². The van der Waals surface area contributed by atoms with Crippen molar-refractivity contribution in [1.29, 1.82) is 0 Å². The first-order valence-electron chi connectivity index (χ1n) is 8.45. The number of aromatic nitrogens is 4. The Morgan fingerprint density at radius 2 is 2.00 bits per heavy atom. The van der Waals surface area contributed by atoms with Crippen LogP contribution in [0.3, 0.4) is 0 Å². The number of nitro benzene ring substituents is 1. The molecule has 0 saturated heterocycles. The fourth-order valence-electron chi connectivity index (χ4n) is 2.36. The van der Waals surface area contributed by atoms with Crippen molar-refractivity contribution in [2.24, 2.45) is 12.8 Å². The minimum atomic E-state index is -0.776. The van der Waals surface area contributed by atoms with Crippen molar-refractivity contribution < 1.29 is 14.5 Å². The number of nitrogens with one attached hydrogen (secondary N) is 1. The lowest BCUT2D eigenvalue weighted by atomic mass is 10.2. The molecule has 3 rings (SSSR count). The summed E-state index contributed by atoms with van der Waals surface area (Å²) in [6, 6.07) is 8.82. The van der Waals surface area contributed by atoms with Crippen molar-refractivity contribution in [2.75, 3.05) is 11.1 Å². The van der Waals surface area contributed by atoms with Crippen LogP contribution in [0.2, 0.25) is 5.02 Å². The van der Waals surface area contributed by atoms with Gasteiger partial charge >= 0.3 is 0 Å². The summed E-state index contributed by atoms with van der Waals surface area (Å²) >= 11 is 8.25. The van der Waals surface area contributed by atoms with E-state index in [9.17, 15) is 19.7 Å². The van der Waals surface area contributed by atoms with E-state index in [1.165, 1.54) is 28.6 Å². The Kier molecular flexibility index (Phi) is 7.09. The summed E-state index contributed by atoms with van der Waals surface area (Å²) in [7, 11) is 1.68. The number of carbonyl (C=O) groups is 2. The summed E-state index contributed by atoms with van der Waals surface area (Å²) in [5, 5.41) is 26.2. The molecule has 0 bridgehead atoms. The van der Waals surface area contributed by atoms with E-state index in [1.807, 2.05) is 0 Å². The first-order chi connectivity index (χ1) is 14.7. The molecule has 0 unspecified atom stereocenters. The Morgan fingerprint density at radius 3 is 2.65 bits per heavy atom. The fraction of sp³-hybridized carbons (Fsp3) is 0.118. The number of primary amides is 1. The standard InChI is InChI=1S/C17H14ClN7O4S2/c1-24-17(21-22-23-24)31-13-5-3-10(18)7-11(13)20-15(26)8-30-14-4-2-9(16(19)27)6-12(14)25(28)29/h2-7H,8H2,1H3,(H2,19,27)(H,20,26). The number of rotatable bonds is 8.